The van der Waals surface area contributed by atoms with Gasteiger partial charge in [0.25, 0.3) is 5.56 Å². The number of thiazole rings is 1. The number of allylic oxidation sites excluding steroid dienone is 1. The molecule has 0 N–H and O–H groups in total. The molecule has 0 aliphatic carbocycles. The fraction of sp³-hybridized carbons (Fsp3) is 0.194. The summed E-state index contributed by atoms with van der Waals surface area (Å²) in [5.41, 5.74) is 2.74. The van der Waals surface area contributed by atoms with E-state index < -0.39 is 12.0 Å². The predicted octanol–water partition coefficient (Wildman–Crippen LogP) is 6.30. The molecule has 216 valence electrons. The molecule has 1 atom stereocenters. The van der Waals surface area contributed by atoms with E-state index in [9.17, 15) is 9.59 Å². The monoisotopic (exact) mass is 734 g/mol. The van der Waals surface area contributed by atoms with Crippen LogP contribution >= 0.6 is 57.1 Å². The molecule has 5 rings (SSSR count). The first-order valence-electron chi connectivity index (χ1n) is 12.9. The number of nitrogens with zero attached hydrogens (tertiary/aromatic N) is 2. The van der Waals surface area contributed by atoms with Gasteiger partial charge in [-0.3, -0.25) is 9.36 Å². The van der Waals surface area contributed by atoms with Crippen molar-refractivity contribution in [2.24, 2.45) is 4.99 Å². The Labute approximate surface area is 269 Å². The Bertz CT molecular complexity index is 1900. The first-order chi connectivity index (χ1) is 20.2. The van der Waals surface area contributed by atoms with Crippen molar-refractivity contribution in [3.05, 3.63) is 122 Å². The molecule has 0 amide bonds. The Morgan fingerprint density at radius 1 is 1.14 bits per heavy atom. The van der Waals surface area contributed by atoms with Gasteiger partial charge >= 0.3 is 5.97 Å². The number of hydrogen-bond donors (Lipinski definition) is 0. The molecule has 3 aromatic carbocycles. The largest absolute Gasteiger partial charge is 0.493 e. The molecule has 1 aromatic heterocycles. The molecule has 1 aliphatic rings. The number of esters is 1. The third-order valence-electron chi connectivity index (χ3n) is 6.54. The average Bonchev–Trinajstić information content (AvgIpc) is 3.25. The second kappa shape index (κ2) is 13.0. The van der Waals surface area contributed by atoms with Crippen molar-refractivity contribution in [2.75, 3.05) is 13.7 Å². The van der Waals surface area contributed by atoms with E-state index in [0.717, 1.165) is 14.7 Å². The molecule has 2 heterocycles. The third kappa shape index (κ3) is 6.15. The molecule has 1 aliphatic heterocycles. The maximum absolute atomic E-state index is 13.9. The van der Waals surface area contributed by atoms with Gasteiger partial charge in [0.2, 0.25) is 0 Å². The van der Waals surface area contributed by atoms with Gasteiger partial charge in [-0.15, -0.1) is 0 Å². The van der Waals surface area contributed by atoms with E-state index in [0.29, 0.717) is 48.7 Å². The zero-order chi connectivity index (χ0) is 30.0. The Balaban J connectivity index is 1.58. The number of ether oxygens (including phenoxy) is 3. The number of carbonyl (C=O) groups is 1. The molecule has 0 fully saturated rings. The molecular weight excluding hydrogens is 710 g/mol. The summed E-state index contributed by atoms with van der Waals surface area (Å²) in [4.78, 5) is 32.1. The van der Waals surface area contributed by atoms with Gasteiger partial charge in [-0.1, -0.05) is 64.9 Å². The van der Waals surface area contributed by atoms with Gasteiger partial charge in [0.1, 0.15) is 12.6 Å². The highest BCUT2D eigenvalue weighted by atomic mass is 127. The summed E-state index contributed by atoms with van der Waals surface area (Å²) in [6.07, 6.45) is 1.78. The summed E-state index contributed by atoms with van der Waals surface area (Å²) in [6, 6.07) is 17.6. The minimum atomic E-state index is -0.784. The van der Waals surface area contributed by atoms with Gasteiger partial charge in [0.05, 0.1) is 33.1 Å². The number of hydrogen-bond acceptors (Lipinski definition) is 7. The van der Waals surface area contributed by atoms with Crippen LogP contribution in [0.4, 0.5) is 0 Å². The Kier molecular flexibility index (Phi) is 9.41. The van der Waals surface area contributed by atoms with Gasteiger partial charge in [0, 0.05) is 10.0 Å². The number of fused-ring (bicyclic) bond motifs is 1. The van der Waals surface area contributed by atoms with Crippen molar-refractivity contribution >= 4 is 69.2 Å². The molecule has 0 bridgehead atoms. The highest BCUT2D eigenvalue weighted by molar-refractivity contribution is 14.1. The lowest BCUT2D eigenvalue weighted by atomic mass is 9.96. The molecule has 42 heavy (non-hydrogen) atoms. The highest BCUT2D eigenvalue weighted by Gasteiger charge is 2.34. The van der Waals surface area contributed by atoms with E-state index in [4.69, 9.17) is 37.4 Å². The Hall–Kier alpha value is -3.12. The minimum absolute atomic E-state index is 0.189. The molecule has 7 nitrogen and oxygen atoms in total. The van der Waals surface area contributed by atoms with Gasteiger partial charge in [0.15, 0.2) is 16.3 Å². The van der Waals surface area contributed by atoms with Gasteiger partial charge < -0.3 is 14.2 Å². The second-order valence-corrected chi connectivity index (χ2v) is 12.3. The molecular formula is C31H25Cl2IN2O5S. The van der Waals surface area contributed by atoms with Crippen LogP contribution in [0, 0.1) is 3.57 Å². The maximum atomic E-state index is 13.9. The summed E-state index contributed by atoms with van der Waals surface area (Å²) in [5, 5.41) is 1.07. The minimum Gasteiger partial charge on any atom is -0.493 e. The third-order valence-corrected chi connectivity index (χ3v) is 8.90. The predicted molar refractivity (Wildman–Crippen MR) is 173 cm³/mol. The van der Waals surface area contributed by atoms with Crippen LogP contribution in [-0.4, -0.2) is 24.3 Å². The molecule has 4 aromatic rings. The van der Waals surface area contributed by atoms with Gasteiger partial charge in [-0.25, -0.2) is 9.79 Å². The van der Waals surface area contributed by atoms with E-state index in [1.807, 2.05) is 42.5 Å². The van der Waals surface area contributed by atoms with E-state index in [2.05, 4.69) is 27.6 Å². The van der Waals surface area contributed by atoms with Gasteiger partial charge in [-0.05, 0) is 89.5 Å². The lowest BCUT2D eigenvalue weighted by molar-refractivity contribution is -0.139. The molecule has 0 saturated heterocycles. The van der Waals surface area contributed by atoms with E-state index in [1.54, 1.807) is 45.2 Å². The van der Waals surface area contributed by atoms with Crippen molar-refractivity contribution in [1.29, 1.82) is 0 Å². The Morgan fingerprint density at radius 2 is 1.93 bits per heavy atom. The van der Waals surface area contributed by atoms with Crippen molar-refractivity contribution < 1.29 is 19.0 Å². The van der Waals surface area contributed by atoms with Crippen molar-refractivity contribution in [3.63, 3.8) is 0 Å². The number of carbonyl (C=O) groups excluding carboxylic acids is 1. The zero-order valence-corrected chi connectivity index (χ0v) is 27.3. The number of halogens is 3. The first-order valence-corrected chi connectivity index (χ1v) is 15.6. The fourth-order valence-corrected chi connectivity index (χ4v) is 6.96. The van der Waals surface area contributed by atoms with Crippen molar-refractivity contribution in [2.45, 2.75) is 26.5 Å². The summed E-state index contributed by atoms with van der Waals surface area (Å²) in [7, 11) is 1.57. The quantitative estimate of drug-likeness (QED) is 0.157. The molecule has 0 unspecified atom stereocenters. The molecule has 0 radical (unpaired) electrons. The smallest absolute Gasteiger partial charge is 0.338 e. The van der Waals surface area contributed by atoms with Crippen LogP contribution in [-0.2, 0) is 16.1 Å². The number of benzene rings is 3. The fourth-order valence-electron chi connectivity index (χ4n) is 4.68. The second-order valence-electron chi connectivity index (χ2n) is 9.28. The molecule has 11 heteroatoms. The summed E-state index contributed by atoms with van der Waals surface area (Å²) < 4.78 is 19.9. The van der Waals surface area contributed by atoms with Crippen LogP contribution in [0.2, 0.25) is 10.0 Å². The van der Waals surface area contributed by atoms with Crippen LogP contribution in [0.3, 0.4) is 0 Å². The van der Waals surface area contributed by atoms with Gasteiger partial charge in [-0.2, -0.15) is 0 Å². The van der Waals surface area contributed by atoms with E-state index in [-0.39, 0.29) is 17.7 Å². The van der Waals surface area contributed by atoms with Crippen LogP contribution in [0.15, 0.2) is 81.7 Å². The highest BCUT2D eigenvalue weighted by Crippen LogP contribution is 2.36. The lowest BCUT2D eigenvalue weighted by Crippen LogP contribution is -2.40. The Morgan fingerprint density at radius 3 is 2.64 bits per heavy atom. The van der Waals surface area contributed by atoms with Crippen LogP contribution in [0.1, 0.15) is 36.6 Å². The molecule has 0 saturated carbocycles. The zero-order valence-electron chi connectivity index (χ0n) is 22.8. The summed E-state index contributed by atoms with van der Waals surface area (Å²) in [6.45, 7) is 3.98. The van der Waals surface area contributed by atoms with E-state index >= 15 is 0 Å². The van der Waals surface area contributed by atoms with E-state index in [1.165, 1.54) is 15.9 Å². The first kappa shape index (κ1) is 30.3. The number of rotatable bonds is 8. The molecule has 0 spiro atoms. The van der Waals surface area contributed by atoms with Crippen LogP contribution in [0.25, 0.3) is 6.08 Å². The SMILES string of the molecule is CCOC(=O)C1=C(C)N=c2s/c(=C\c3cc(I)c(OCc4cccc(Cl)c4)c(OC)c3)c(=O)n2[C@H]1c1ccccc1Cl. The van der Waals surface area contributed by atoms with Crippen molar-refractivity contribution in [1.82, 2.24) is 4.57 Å². The standard InChI is InChI=1S/C31H25Cl2IN2O5S/c1-4-40-30(38)26-17(2)35-31-36(27(26)21-10-5-6-11-22(21)33)29(37)25(42-31)15-19-13-23(34)28(24(14-19)39-3)41-16-18-8-7-9-20(32)12-18/h5-15,27H,4,16H2,1-3H3/b25-15-/t27-/m0/s1. The lowest BCUT2D eigenvalue weighted by Gasteiger charge is -2.25. The van der Waals surface area contributed by atoms with Crippen LogP contribution < -0.4 is 24.4 Å². The maximum Gasteiger partial charge on any atom is 0.338 e. The number of methoxy groups -OCH3 is 1. The topological polar surface area (TPSA) is 79.1 Å². The summed E-state index contributed by atoms with van der Waals surface area (Å²) in [5.74, 6) is 0.577. The summed E-state index contributed by atoms with van der Waals surface area (Å²) >= 11 is 16.1. The average molecular weight is 735 g/mol. The number of aromatic nitrogens is 1. The van der Waals surface area contributed by atoms with Crippen LogP contribution in [0.5, 0.6) is 11.5 Å². The normalized spacial score (nSPS) is 14.8. The van der Waals surface area contributed by atoms with Crippen molar-refractivity contribution in [3.8, 4) is 11.5 Å².